The average molecular weight is 323 g/mol. The van der Waals surface area contributed by atoms with Crippen LogP contribution < -0.4 is 10.5 Å². The van der Waals surface area contributed by atoms with Gasteiger partial charge in [0.25, 0.3) is 5.56 Å². The molecule has 1 saturated carbocycles. The van der Waals surface area contributed by atoms with Crippen LogP contribution in [0.5, 0.6) is 0 Å². The van der Waals surface area contributed by atoms with E-state index in [1.165, 1.54) is 0 Å². The number of rotatable bonds is 2. The van der Waals surface area contributed by atoms with Gasteiger partial charge in [-0.2, -0.15) is 5.10 Å². The molecule has 2 saturated heterocycles. The van der Waals surface area contributed by atoms with Gasteiger partial charge in [-0.15, -0.1) is 0 Å². The molecular formula is C15H19ClN4O2. The molecule has 1 aromatic rings. The van der Waals surface area contributed by atoms with Crippen LogP contribution in [0.2, 0.25) is 5.02 Å². The maximum Gasteiger partial charge on any atom is 0.285 e. The number of aromatic nitrogens is 2. The molecule has 4 rings (SSSR count). The van der Waals surface area contributed by atoms with Crippen LogP contribution in [0, 0.1) is 5.92 Å². The molecule has 2 atom stereocenters. The van der Waals surface area contributed by atoms with Crippen molar-refractivity contribution in [3.05, 3.63) is 21.6 Å². The van der Waals surface area contributed by atoms with E-state index in [0.717, 1.165) is 38.8 Å². The first kappa shape index (κ1) is 14.1. The van der Waals surface area contributed by atoms with Crippen LogP contribution in [-0.2, 0) is 4.79 Å². The summed E-state index contributed by atoms with van der Waals surface area (Å²) < 4.78 is 0. The Kier molecular flexibility index (Phi) is 3.36. The Morgan fingerprint density at radius 3 is 2.82 bits per heavy atom. The number of carbonyl (C=O) groups is 1. The molecule has 3 fully saturated rings. The van der Waals surface area contributed by atoms with Crippen molar-refractivity contribution in [1.29, 1.82) is 0 Å². The first-order chi connectivity index (χ1) is 10.6. The minimum Gasteiger partial charge on any atom is -0.368 e. The summed E-state index contributed by atoms with van der Waals surface area (Å²) in [6.07, 6.45) is 6.45. The quantitative estimate of drug-likeness (QED) is 0.893. The molecule has 6 nitrogen and oxygen atoms in total. The van der Waals surface area contributed by atoms with Crippen LogP contribution in [-0.4, -0.2) is 46.2 Å². The number of hydrogen-bond acceptors (Lipinski definition) is 4. The van der Waals surface area contributed by atoms with Gasteiger partial charge in [-0.05, 0) is 31.6 Å². The zero-order valence-corrected chi connectivity index (χ0v) is 13.1. The van der Waals surface area contributed by atoms with Gasteiger partial charge in [-0.25, -0.2) is 5.10 Å². The Morgan fingerprint density at radius 2 is 2.05 bits per heavy atom. The Labute approximate surface area is 133 Å². The van der Waals surface area contributed by atoms with Crippen LogP contribution in [0.25, 0.3) is 0 Å². The second-order valence-electron chi connectivity index (χ2n) is 6.53. The molecule has 1 amide bonds. The molecule has 1 aromatic heterocycles. The van der Waals surface area contributed by atoms with Gasteiger partial charge >= 0.3 is 0 Å². The molecule has 7 heteroatoms. The average Bonchev–Trinajstić information content (AvgIpc) is 3.34. The highest BCUT2D eigenvalue weighted by Crippen LogP contribution is 2.40. The molecule has 22 heavy (non-hydrogen) atoms. The zero-order chi connectivity index (χ0) is 15.3. The number of nitrogens with one attached hydrogen (secondary N) is 1. The Morgan fingerprint density at radius 1 is 1.23 bits per heavy atom. The van der Waals surface area contributed by atoms with E-state index in [4.69, 9.17) is 11.6 Å². The van der Waals surface area contributed by atoms with E-state index >= 15 is 0 Å². The fraction of sp³-hybridized carbons (Fsp3) is 0.667. The van der Waals surface area contributed by atoms with Crippen LogP contribution in [0.1, 0.15) is 32.1 Å². The third kappa shape index (κ3) is 2.29. The predicted octanol–water partition coefficient (Wildman–Crippen LogP) is 1.40. The molecule has 0 bridgehead atoms. The normalized spacial score (nSPS) is 28.7. The van der Waals surface area contributed by atoms with Gasteiger partial charge in [0.05, 0.1) is 11.9 Å². The SMILES string of the molecule is O=C1CC[C@@H]2CN(c3cn[nH]c(=O)c3Cl)CC[C@@H]2N1C1CC1. The number of carbonyl (C=O) groups excluding carboxylic acids is 1. The van der Waals surface area contributed by atoms with Gasteiger partial charge in [0.15, 0.2) is 0 Å². The smallest absolute Gasteiger partial charge is 0.285 e. The lowest BCUT2D eigenvalue weighted by atomic mass is 9.83. The maximum atomic E-state index is 12.2. The standard InChI is InChI=1S/C15H19ClN4O2/c16-14-12(7-17-18-15(14)22)19-6-5-11-9(8-19)1-4-13(21)20(11)10-2-3-10/h7,9-11H,1-6,8H2,(H,18,22)/t9-,11+/m1/s1. The van der Waals surface area contributed by atoms with Crippen molar-refractivity contribution in [2.24, 2.45) is 5.92 Å². The van der Waals surface area contributed by atoms with Crippen molar-refractivity contribution in [2.75, 3.05) is 18.0 Å². The summed E-state index contributed by atoms with van der Waals surface area (Å²) in [7, 11) is 0. The molecule has 2 aliphatic heterocycles. The summed E-state index contributed by atoms with van der Waals surface area (Å²) >= 11 is 6.12. The van der Waals surface area contributed by atoms with Gasteiger partial charge in [-0.3, -0.25) is 9.59 Å². The van der Waals surface area contributed by atoms with Gasteiger partial charge in [0.1, 0.15) is 5.02 Å². The number of halogens is 1. The Balaban J connectivity index is 1.56. The van der Waals surface area contributed by atoms with Gasteiger partial charge in [-0.1, -0.05) is 11.6 Å². The molecule has 3 aliphatic rings. The van der Waals surface area contributed by atoms with E-state index < -0.39 is 0 Å². The summed E-state index contributed by atoms with van der Waals surface area (Å²) in [5.41, 5.74) is 0.360. The van der Waals surface area contributed by atoms with E-state index in [9.17, 15) is 9.59 Å². The highest BCUT2D eigenvalue weighted by molar-refractivity contribution is 6.33. The molecule has 1 aliphatic carbocycles. The van der Waals surface area contributed by atoms with Crippen LogP contribution >= 0.6 is 11.6 Å². The van der Waals surface area contributed by atoms with Gasteiger partial charge < -0.3 is 9.80 Å². The number of piperidine rings is 2. The molecule has 118 valence electrons. The van der Waals surface area contributed by atoms with Crippen molar-refractivity contribution in [3.63, 3.8) is 0 Å². The number of nitrogens with zero attached hydrogens (tertiary/aromatic N) is 3. The number of hydrogen-bond donors (Lipinski definition) is 1. The molecular weight excluding hydrogens is 304 g/mol. The Bertz CT molecular complexity index is 657. The van der Waals surface area contributed by atoms with Crippen LogP contribution in [0.15, 0.2) is 11.0 Å². The molecule has 1 N–H and O–H groups in total. The molecule has 0 aromatic carbocycles. The second kappa shape index (κ2) is 5.26. The maximum absolute atomic E-state index is 12.2. The molecule has 0 radical (unpaired) electrons. The Hall–Kier alpha value is -1.56. The fourth-order valence-electron chi connectivity index (χ4n) is 3.93. The lowest BCUT2D eigenvalue weighted by Crippen LogP contribution is -2.56. The number of fused-ring (bicyclic) bond motifs is 1. The summed E-state index contributed by atoms with van der Waals surface area (Å²) in [6.45, 7) is 1.65. The lowest BCUT2D eigenvalue weighted by Gasteiger charge is -2.48. The van der Waals surface area contributed by atoms with Crippen molar-refractivity contribution in [1.82, 2.24) is 15.1 Å². The number of amides is 1. The van der Waals surface area contributed by atoms with Crippen molar-refractivity contribution < 1.29 is 4.79 Å². The summed E-state index contributed by atoms with van der Waals surface area (Å²) in [4.78, 5) is 28.1. The minimum atomic E-state index is -0.347. The minimum absolute atomic E-state index is 0.208. The molecule has 0 spiro atoms. The van der Waals surface area contributed by atoms with E-state index in [1.54, 1.807) is 6.20 Å². The van der Waals surface area contributed by atoms with Gasteiger partial charge in [0, 0.05) is 31.6 Å². The summed E-state index contributed by atoms with van der Waals surface area (Å²) in [5.74, 6) is 0.787. The van der Waals surface area contributed by atoms with E-state index in [0.29, 0.717) is 36.0 Å². The number of aromatic amines is 1. The number of anilines is 1. The van der Waals surface area contributed by atoms with Crippen molar-refractivity contribution >= 4 is 23.2 Å². The largest absolute Gasteiger partial charge is 0.368 e. The zero-order valence-electron chi connectivity index (χ0n) is 12.3. The second-order valence-corrected chi connectivity index (χ2v) is 6.91. The van der Waals surface area contributed by atoms with Crippen LogP contribution in [0.3, 0.4) is 0 Å². The highest BCUT2D eigenvalue weighted by Gasteiger charge is 2.45. The molecule has 3 heterocycles. The van der Waals surface area contributed by atoms with E-state index in [1.807, 2.05) is 0 Å². The van der Waals surface area contributed by atoms with Crippen molar-refractivity contribution in [2.45, 2.75) is 44.2 Å². The fourth-order valence-corrected chi connectivity index (χ4v) is 4.14. The molecule has 0 unspecified atom stereocenters. The third-order valence-corrected chi connectivity index (χ3v) is 5.49. The monoisotopic (exact) mass is 322 g/mol. The van der Waals surface area contributed by atoms with Crippen LogP contribution in [0.4, 0.5) is 5.69 Å². The highest BCUT2D eigenvalue weighted by atomic mass is 35.5. The first-order valence-corrected chi connectivity index (χ1v) is 8.32. The summed E-state index contributed by atoms with van der Waals surface area (Å²) in [5, 5.41) is 6.42. The topological polar surface area (TPSA) is 69.3 Å². The van der Waals surface area contributed by atoms with Gasteiger partial charge in [0.2, 0.25) is 5.91 Å². The van der Waals surface area contributed by atoms with E-state index in [2.05, 4.69) is 20.0 Å². The number of likely N-dealkylation sites (tertiary alicyclic amines) is 1. The number of H-pyrrole nitrogens is 1. The predicted molar refractivity (Wildman–Crippen MR) is 83.1 cm³/mol. The van der Waals surface area contributed by atoms with E-state index in [-0.39, 0.29) is 10.6 Å². The lowest BCUT2D eigenvalue weighted by molar-refractivity contribution is -0.140. The third-order valence-electron chi connectivity index (χ3n) is 5.13. The van der Waals surface area contributed by atoms with Crippen molar-refractivity contribution in [3.8, 4) is 0 Å². The summed E-state index contributed by atoms with van der Waals surface area (Å²) in [6, 6.07) is 0.843. The first-order valence-electron chi connectivity index (χ1n) is 7.94.